The predicted molar refractivity (Wildman–Crippen MR) is 50.9 cm³/mol. The molecule has 11 heavy (non-hydrogen) atoms. The monoisotopic (exact) mass is 211 g/mol. The summed E-state index contributed by atoms with van der Waals surface area (Å²) in [6, 6.07) is 3.70. The highest BCUT2D eigenvalue weighted by molar-refractivity contribution is 6.29. The van der Waals surface area contributed by atoms with Crippen LogP contribution in [0.25, 0.3) is 0 Å². The van der Waals surface area contributed by atoms with E-state index in [4.69, 9.17) is 23.2 Å². The van der Waals surface area contributed by atoms with E-state index in [-0.39, 0.29) is 12.4 Å². The molecule has 0 amide bonds. The van der Waals surface area contributed by atoms with Gasteiger partial charge in [-0.25, -0.2) is 4.98 Å². The molecule has 1 nitrogen and oxygen atoms in total. The molecule has 0 unspecified atom stereocenters. The number of alkyl halides is 1. The van der Waals surface area contributed by atoms with Crippen molar-refractivity contribution in [3.8, 4) is 0 Å². The van der Waals surface area contributed by atoms with Crippen LogP contribution in [0.3, 0.4) is 0 Å². The third-order valence-corrected chi connectivity index (χ3v) is 1.58. The molecule has 0 N–H and O–H groups in total. The van der Waals surface area contributed by atoms with Crippen molar-refractivity contribution in [3.05, 3.63) is 29.0 Å². The molecule has 1 aromatic heterocycles. The molecule has 0 aromatic carbocycles. The summed E-state index contributed by atoms with van der Waals surface area (Å²) in [5.41, 5.74) is 1.12. The maximum absolute atomic E-state index is 5.57. The number of pyridine rings is 1. The molecule has 1 rings (SSSR count). The topological polar surface area (TPSA) is 12.9 Å². The van der Waals surface area contributed by atoms with Crippen molar-refractivity contribution >= 4 is 35.6 Å². The first-order valence-electron chi connectivity index (χ1n) is 2.99. The molecule has 0 radical (unpaired) electrons. The van der Waals surface area contributed by atoms with E-state index in [2.05, 4.69) is 4.98 Å². The maximum Gasteiger partial charge on any atom is 0.129 e. The number of rotatable bonds is 2. The molecule has 0 saturated heterocycles. The highest BCUT2D eigenvalue weighted by Crippen LogP contribution is 2.05. The zero-order valence-corrected chi connectivity index (χ0v) is 8.09. The number of aromatic nitrogens is 1. The van der Waals surface area contributed by atoms with Gasteiger partial charge in [-0.15, -0.1) is 24.0 Å². The van der Waals surface area contributed by atoms with Gasteiger partial charge in [0.05, 0.1) is 0 Å². The number of halogens is 3. The number of hydrogen-bond donors (Lipinski definition) is 0. The second-order valence-electron chi connectivity index (χ2n) is 1.93. The number of nitrogens with zero attached hydrogens (tertiary/aromatic N) is 1. The molecule has 0 bridgehead atoms. The Hall–Kier alpha value is 0.0200. The van der Waals surface area contributed by atoms with Gasteiger partial charge in [0.15, 0.2) is 0 Å². The Morgan fingerprint density at radius 3 is 2.55 bits per heavy atom. The van der Waals surface area contributed by atoms with Crippen molar-refractivity contribution in [3.63, 3.8) is 0 Å². The van der Waals surface area contributed by atoms with Crippen LogP contribution in [0.15, 0.2) is 18.3 Å². The molecular weight excluding hydrogens is 204 g/mol. The van der Waals surface area contributed by atoms with Crippen LogP contribution in [0.4, 0.5) is 0 Å². The van der Waals surface area contributed by atoms with Gasteiger partial charge in [-0.2, -0.15) is 0 Å². The van der Waals surface area contributed by atoms with Crippen LogP contribution in [-0.4, -0.2) is 10.9 Å². The van der Waals surface area contributed by atoms with Gasteiger partial charge in [0.25, 0.3) is 0 Å². The Kier molecular flexibility index (Phi) is 5.65. The fraction of sp³-hybridized carbons (Fsp3) is 0.286. The summed E-state index contributed by atoms with van der Waals surface area (Å²) in [7, 11) is 0. The first-order valence-corrected chi connectivity index (χ1v) is 3.90. The molecule has 62 valence electrons. The van der Waals surface area contributed by atoms with E-state index in [0.29, 0.717) is 11.0 Å². The molecule has 1 heterocycles. The molecule has 0 atom stereocenters. The van der Waals surface area contributed by atoms with E-state index < -0.39 is 0 Å². The summed E-state index contributed by atoms with van der Waals surface area (Å²) in [4.78, 5) is 3.90. The van der Waals surface area contributed by atoms with E-state index >= 15 is 0 Å². The van der Waals surface area contributed by atoms with Gasteiger partial charge in [0, 0.05) is 12.1 Å². The third kappa shape index (κ3) is 3.80. The fourth-order valence-electron chi connectivity index (χ4n) is 0.663. The molecule has 0 spiro atoms. The van der Waals surface area contributed by atoms with Gasteiger partial charge in [-0.1, -0.05) is 17.7 Å². The highest BCUT2D eigenvalue weighted by atomic mass is 35.5. The average Bonchev–Trinajstić information content (AvgIpc) is 1.95. The Bertz CT molecular complexity index is 197. The second kappa shape index (κ2) is 5.64. The summed E-state index contributed by atoms with van der Waals surface area (Å²) in [5.74, 6) is 0.628. The van der Waals surface area contributed by atoms with Crippen LogP contribution >= 0.6 is 35.6 Å². The van der Waals surface area contributed by atoms with E-state index in [9.17, 15) is 0 Å². The molecule has 0 aliphatic heterocycles. The zero-order chi connectivity index (χ0) is 7.40. The smallest absolute Gasteiger partial charge is 0.129 e. The Morgan fingerprint density at radius 2 is 2.09 bits per heavy atom. The minimum absolute atomic E-state index is 0. The van der Waals surface area contributed by atoms with Crippen LogP contribution in [-0.2, 0) is 6.42 Å². The molecular formula is C7H8Cl3N. The van der Waals surface area contributed by atoms with Crippen molar-refractivity contribution in [2.24, 2.45) is 0 Å². The third-order valence-electron chi connectivity index (χ3n) is 1.17. The summed E-state index contributed by atoms with van der Waals surface area (Å²) in [5, 5.41) is 0.526. The zero-order valence-electron chi connectivity index (χ0n) is 5.76. The van der Waals surface area contributed by atoms with Crippen LogP contribution in [0.2, 0.25) is 5.15 Å². The average molecular weight is 213 g/mol. The molecule has 0 saturated carbocycles. The van der Waals surface area contributed by atoms with Gasteiger partial charge in [-0.05, 0) is 18.1 Å². The van der Waals surface area contributed by atoms with Crippen LogP contribution in [0.5, 0.6) is 0 Å². The first-order chi connectivity index (χ1) is 4.83. The van der Waals surface area contributed by atoms with Crippen LogP contribution in [0, 0.1) is 0 Å². The minimum atomic E-state index is 0. The SMILES string of the molecule is Cl.ClCCc1ccc(Cl)nc1. The lowest BCUT2D eigenvalue weighted by atomic mass is 10.2. The summed E-state index contributed by atoms with van der Waals surface area (Å²) >= 11 is 11.1. The minimum Gasteiger partial charge on any atom is -0.244 e. The lowest BCUT2D eigenvalue weighted by Gasteiger charge is -1.94. The van der Waals surface area contributed by atoms with E-state index in [1.807, 2.05) is 6.07 Å². The summed E-state index contributed by atoms with van der Waals surface area (Å²) in [6.45, 7) is 0. The Balaban J connectivity index is 0.000001000. The van der Waals surface area contributed by atoms with Gasteiger partial charge >= 0.3 is 0 Å². The molecule has 0 aliphatic carbocycles. The first kappa shape index (κ1) is 11.0. The van der Waals surface area contributed by atoms with Crippen LogP contribution in [0.1, 0.15) is 5.56 Å². The lowest BCUT2D eigenvalue weighted by Crippen LogP contribution is -1.86. The van der Waals surface area contributed by atoms with Gasteiger partial charge < -0.3 is 0 Å². The summed E-state index contributed by atoms with van der Waals surface area (Å²) in [6.07, 6.45) is 2.59. The quantitative estimate of drug-likeness (QED) is 0.543. The standard InChI is InChI=1S/C7H7Cl2N.ClH/c8-4-3-6-1-2-7(9)10-5-6;/h1-2,5H,3-4H2;1H. The fourth-order valence-corrected chi connectivity index (χ4v) is 0.993. The molecule has 0 fully saturated rings. The van der Waals surface area contributed by atoms with Crippen molar-refractivity contribution in [1.82, 2.24) is 4.98 Å². The Morgan fingerprint density at radius 1 is 1.36 bits per heavy atom. The normalized spacial score (nSPS) is 8.91. The number of hydrogen-bond acceptors (Lipinski definition) is 1. The van der Waals surface area contributed by atoms with Crippen molar-refractivity contribution < 1.29 is 0 Å². The largest absolute Gasteiger partial charge is 0.244 e. The molecule has 0 aliphatic rings. The van der Waals surface area contributed by atoms with Crippen molar-refractivity contribution in [2.75, 3.05) is 5.88 Å². The van der Waals surface area contributed by atoms with Crippen LogP contribution < -0.4 is 0 Å². The molecule has 4 heteroatoms. The second-order valence-corrected chi connectivity index (χ2v) is 2.69. The van der Waals surface area contributed by atoms with Gasteiger partial charge in [-0.3, -0.25) is 0 Å². The van der Waals surface area contributed by atoms with E-state index in [0.717, 1.165) is 12.0 Å². The van der Waals surface area contributed by atoms with Gasteiger partial charge in [0.2, 0.25) is 0 Å². The number of aryl methyl sites for hydroxylation is 1. The summed E-state index contributed by atoms with van der Waals surface area (Å²) < 4.78 is 0. The van der Waals surface area contributed by atoms with Gasteiger partial charge in [0.1, 0.15) is 5.15 Å². The van der Waals surface area contributed by atoms with E-state index in [1.54, 1.807) is 12.3 Å². The maximum atomic E-state index is 5.57. The predicted octanol–water partition coefficient (Wildman–Crippen LogP) is 2.94. The highest BCUT2D eigenvalue weighted by Gasteiger charge is 1.91. The lowest BCUT2D eigenvalue weighted by molar-refractivity contribution is 1.11. The van der Waals surface area contributed by atoms with E-state index in [1.165, 1.54) is 0 Å². The Labute approximate surface area is 82.1 Å². The van der Waals surface area contributed by atoms with Crippen molar-refractivity contribution in [2.45, 2.75) is 6.42 Å². The molecule has 1 aromatic rings. The van der Waals surface area contributed by atoms with Crippen molar-refractivity contribution in [1.29, 1.82) is 0 Å².